The van der Waals surface area contributed by atoms with E-state index in [2.05, 4.69) is 5.32 Å². The Hall–Kier alpha value is -1.96. The first kappa shape index (κ1) is 25.3. The first-order valence-electron chi connectivity index (χ1n) is 9.60. The smallest absolute Gasteiger partial charge is 0.418 e. The molecule has 0 radical (unpaired) electrons. The highest BCUT2D eigenvalue weighted by atomic mass is 35.5. The van der Waals surface area contributed by atoms with Crippen molar-refractivity contribution in [3.63, 3.8) is 0 Å². The van der Waals surface area contributed by atoms with Crippen LogP contribution in [-0.2, 0) is 11.0 Å². The molecule has 0 saturated carbocycles. The number of carbonyl (C=O) groups excluding carboxylic acids is 1. The van der Waals surface area contributed by atoms with Crippen molar-refractivity contribution in [3.05, 3.63) is 57.1 Å². The van der Waals surface area contributed by atoms with E-state index in [0.29, 0.717) is 24.2 Å². The summed E-state index contributed by atoms with van der Waals surface area (Å²) < 4.78 is 45.8. The molecule has 2 aromatic carbocycles. The van der Waals surface area contributed by atoms with Crippen LogP contribution in [0, 0.1) is 6.92 Å². The highest BCUT2D eigenvalue weighted by molar-refractivity contribution is 6.42. The lowest BCUT2D eigenvalue weighted by Crippen LogP contribution is -2.24. The second-order valence-electron chi connectivity index (χ2n) is 7.53. The number of hydrogen-bond donors (Lipinski definition) is 1. The van der Waals surface area contributed by atoms with E-state index < -0.39 is 29.3 Å². The molecule has 0 aliphatic rings. The number of aryl methyl sites for hydroxylation is 1. The van der Waals surface area contributed by atoms with Gasteiger partial charge in [0.05, 0.1) is 34.3 Å². The van der Waals surface area contributed by atoms with Gasteiger partial charge < -0.3 is 15.0 Å². The fraction of sp³-hybridized carbons (Fsp3) is 0.409. The van der Waals surface area contributed by atoms with Crippen LogP contribution in [0.5, 0.6) is 5.75 Å². The highest BCUT2D eigenvalue weighted by Crippen LogP contribution is 2.40. The number of rotatable bonds is 8. The first-order valence-corrected chi connectivity index (χ1v) is 10.4. The maximum Gasteiger partial charge on any atom is 0.418 e. The quantitative estimate of drug-likeness (QED) is 0.479. The molecule has 0 heterocycles. The Bertz CT molecular complexity index is 934. The molecule has 170 valence electrons. The molecule has 0 aromatic heterocycles. The molecule has 2 rings (SSSR count). The monoisotopic (exact) mass is 476 g/mol. The zero-order valence-corrected chi connectivity index (χ0v) is 19.3. The molecule has 1 unspecified atom stereocenters. The summed E-state index contributed by atoms with van der Waals surface area (Å²) in [5, 5.41) is 2.10. The molecule has 0 aliphatic heterocycles. The maximum absolute atomic E-state index is 13.5. The summed E-state index contributed by atoms with van der Waals surface area (Å²) in [5.41, 5.74) is 0.0715. The van der Waals surface area contributed by atoms with Crippen molar-refractivity contribution in [2.24, 2.45) is 0 Å². The van der Waals surface area contributed by atoms with Gasteiger partial charge in [-0.05, 0) is 69.7 Å². The van der Waals surface area contributed by atoms with Gasteiger partial charge in [-0.25, -0.2) is 0 Å². The predicted molar refractivity (Wildman–Crippen MR) is 118 cm³/mol. The molecule has 2 aromatic rings. The molecular formula is C22H25Cl2F3N2O2. The minimum atomic E-state index is -4.70. The molecule has 9 heteroatoms. The van der Waals surface area contributed by atoms with Crippen LogP contribution in [0.2, 0.25) is 10.0 Å². The van der Waals surface area contributed by atoms with Crippen molar-refractivity contribution in [2.45, 2.75) is 31.9 Å². The van der Waals surface area contributed by atoms with Crippen LogP contribution in [0.4, 0.5) is 18.9 Å². The van der Waals surface area contributed by atoms with Crippen molar-refractivity contribution >= 4 is 34.8 Å². The van der Waals surface area contributed by atoms with E-state index in [9.17, 15) is 18.0 Å². The second kappa shape index (κ2) is 10.6. The van der Waals surface area contributed by atoms with E-state index >= 15 is 0 Å². The third kappa shape index (κ3) is 6.76. The number of alkyl halides is 3. The number of halogens is 5. The van der Waals surface area contributed by atoms with E-state index in [1.54, 1.807) is 12.1 Å². The molecule has 31 heavy (non-hydrogen) atoms. The Morgan fingerprint density at radius 2 is 1.81 bits per heavy atom. The van der Waals surface area contributed by atoms with Crippen LogP contribution in [0.15, 0.2) is 30.3 Å². The van der Waals surface area contributed by atoms with E-state index in [1.165, 1.54) is 7.11 Å². The van der Waals surface area contributed by atoms with E-state index in [-0.39, 0.29) is 10.0 Å². The molecule has 4 nitrogen and oxygen atoms in total. The molecule has 0 bridgehead atoms. The first-order chi connectivity index (χ1) is 14.4. The average Bonchev–Trinajstić information content (AvgIpc) is 2.67. The number of ether oxygens (including phenoxy) is 1. The van der Waals surface area contributed by atoms with Crippen LogP contribution in [0.25, 0.3) is 0 Å². The van der Waals surface area contributed by atoms with Crippen LogP contribution < -0.4 is 10.1 Å². The number of carbonyl (C=O) groups is 1. The van der Waals surface area contributed by atoms with Crippen molar-refractivity contribution in [1.82, 2.24) is 4.90 Å². The second-order valence-corrected chi connectivity index (χ2v) is 8.34. The number of anilines is 1. The van der Waals surface area contributed by atoms with Gasteiger partial charge in [0.25, 0.3) is 0 Å². The van der Waals surface area contributed by atoms with Crippen LogP contribution in [0.3, 0.4) is 0 Å². The van der Waals surface area contributed by atoms with Crippen LogP contribution in [-0.4, -0.2) is 38.6 Å². The fourth-order valence-electron chi connectivity index (χ4n) is 3.22. The highest BCUT2D eigenvalue weighted by Gasteiger charge is 2.35. The summed E-state index contributed by atoms with van der Waals surface area (Å²) in [7, 11) is 5.35. The summed E-state index contributed by atoms with van der Waals surface area (Å²) >= 11 is 11.7. The summed E-state index contributed by atoms with van der Waals surface area (Å²) in [6, 6.07) is 7.10. The molecule has 1 amide bonds. The van der Waals surface area contributed by atoms with Gasteiger partial charge in [0.2, 0.25) is 5.91 Å². The molecule has 0 fully saturated rings. The zero-order chi connectivity index (χ0) is 23.3. The van der Waals surface area contributed by atoms with Gasteiger partial charge in [0.1, 0.15) is 5.75 Å². The van der Waals surface area contributed by atoms with Crippen molar-refractivity contribution in [3.8, 4) is 5.75 Å². The number of hydrogen-bond acceptors (Lipinski definition) is 3. The zero-order valence-electron chi connectivity index (χ0n) is 17.7. The Balaban J connectivity index is 2.41. The minimum absolute atomic E-state index is 0.0777. The third-order valence-corrected chi connectivity index (χ3v) is 5.59. The number of nitrogens with one attached hydrogen (secondary N) is 1. The van der Waals surface area contributed by atoms with Crippen molar-refractivity contribution in [1.29, 1.82) is 0 Å². The van der Waals surface area contributed by atoms with E-state index in [4.69, 9.17) is 27.9 Å². The van der Waals surface area contributed by atoms with Gasteiger partial charge in [-0.3, -0.25) is 4.79 Å². The summed E-state index contributed by atoms with van der Waals surface area (Å²) in [6.07, 6.45) is -3.59. The van der Waals surface area contributed by atoms with Crippen molar-refractivity contribution < 1.29 is 22.7 Å². The maximum atomic E-state index is 13.5. The Morgan fingerprint density at radius 1 is 1.16 bits per heavy atom. The fourth-order valence-corrected chi connectivity index (χ4v) is 3.55. The standard InChI is InChI=1S/C22H25Cl2F3N2O2/c1-13-7-8-14(10-20(13)31-4)15(6-5-9-29(2)3)21(30)28-19-12-18(24)17(23)11-16(19)22(25,26)27/h7-8,10-12,15H,5-6,9H2,1-4H3,(H,28,30). The Morgan fingerprint density at radius 3 is 2.39 bits per heavy atom. The van der Waals surface area contributed by atoms with Gasteiger partial charge in [-0.15, -0.1) is 0 Å². The lowest BCUT2D eigenvalue weighted by Gasteiger charge is -2.21. The van der Waals surface area contributed by atoms with Gasteiger partial charge >= 0.3 is 6.18 Å². The topological polar surface area (TPSA) is 41.6 Å². The van der Waals surface area contributed by atoms with E-state index in [0.717, 1.165) is 24.2 Å². The van der Waals surface area contributed by atoms with Crippen LogP contribution >= 0.6 is 23.2 Å². The third-order valence-electron chi connectivity index (χ3n) is 4.87. The number of benzene rings is 2. The molecule has 0 spiro atoms. The summed E-state index contributed by atoms with van der Waals surface area (Å²) in [6.45, 7) is 2.60. The van der Waals surface area contributed by atoms with Gasteiger partial charge in [0, 0.05) is 0 Å². The molecular weight excluding hydrogens is 452 g/mol. The van der Waals surface area contributed by atoms with Gasteiger partial charge in [-0.1, -0.05) is 35.3 Å². The van der Waals surface area contributed by atoms with Gasteiger partial charge in [0.15, 0.2) is 0 Å². The lowest BCUT2D eigenvalue weighted by molar-refractivity contribution is -0.137. The summed E-state index contributed by atoms with van der Waals surface area (Å²) in [4.78, 5) is 15.1. The summed E-state index contributed by atoms with van der Waals surface area (Å²) in [5.74, 6) is -0.632. The normalized spacial score (nSPS) is 12.7. The number of nitrogens with zero attached hydrogens (tertiary/aromatic N) is 1. The Kier molecular flexibility index (Phi) is 8.63. The molecule has 0 saturated heterocycles. The van der Waals surface area contributed by atoms with Crippen LogP contribution in [0.1, 0.15) is 35.4 Å². The molecule has 0 aliphatic carbocycles. The van der Waals surface area contributed by atoms with Gasteiger partial charge in [-0.2, -0.15) is 13.2 Å². The minimum Gasteiger partial charge on any atom is -0.496 e. The molecule has 1 atom stereocenters. The number of methoxy groups -OCH3 is 1. The van der Waals surface area contributed by atoms with E-state index in [1.807, 2.05) is 32.0 Å². The average molecular weight is 477 g/mol. The SMILES string of the molecule is COc1cc(C(CCCN(C)C)C(=O)Nc2cc(Cl)c(Cl)cc2C(F)(F)F)ccc1C. The largest absolute Gasteiger partial charge is 0.496 e. The van der Waals surface area contributed by atoms with Crippen molar-refractivity contribution in [2.75, 3.05) is 33.1 Å². The number of amides is 1. The lowest BCUT2D eigenvalue weighted by atomic mass is 9.92. The Labute approximate surface area is 190 Å². The predicted octanol–water partition coefficient (Wildman–Crippen LogP) is 6.39. The molecule has 1 N–H and O–H groups in total.